The second kappa shape index (κ2) is 7.05. The lowest BCUT2D eigenvalue weighted by molar-refractivity contribution is -0.143. The van der Waals surface area contributed by atoms with Crippen LogP contribution in [-0.4, -0.2) is 31.9 Å². The van der Waals surface area contributed by atoms with E-state index in [1.165, 1.54) is 28.9 Å². The van der Waals surface area contributed by atoms with Gasteiger partial charge in [-0.25, -0.2) is 4.79 Å². The Bertz CT molecular complexity index is 872. The lowest BCUT2D eigenvalue weighted by atomic mass is 9.83. The monoisotopic (exact) mass is 382 g/mol. The Morgan fingerprint density at radius 2 is 1.85 bits per heavy atom. The molecule has 1 atom stereocenters. The summed E-state index contributed by atoms with van der Waals surface area (Å²) in [7, 11) is 0. The second-order valence-corrected chi connectivity index (χ2v) is 6.55. The Morgan fingerprint density at radius 1 is 1.19 bits per heavy atom. The largest absolute Gasteiger partial charge is 0.481 e. The molecule has 6 nitrogen and oxygen atoms in total. The number of aromatic nitrogens is 2. The normalized spacial score (nSPS) is 16.8. The van der Waals surface area contributed by atoms with Gasteiger partial charge in [0.15, 0.2) is 5.69 Å². The van der Waals surface area contributed by atoms with Crippen LogP contribution in [0.15, 0.2) is 24.3 Å². The van der Waals surface area contributed by atoms with Crippen molar-refractivity contribution >= 4 is 11.9 Å². The molecule has 1 aliphatic carbocycles. The van der Waals surface area contributed by atoms with Crippen LogP contribution in [0.5, 0.6) is 0 Å². The third kappa shape index (κ3) is 3.96. The second-order valence-electron chi connectivity index (χ2n) is 6.55. The molecule has 0 fully saturated rings. The number of aromatic carboxylic acids is 1. The first-order valence-corrected chi connectivity index (χ1v) is 8.37. The van der Waals surface area contributed by atoms with E-state index < -0.39 is 29.7 Å². The number of alkyl halides is 3. The number of aliphatic carboxylic acids is 1. The third-order valence-electron chi connectivity index (χ3n) is 4.70. The average molecular weight is 382 g/mol. The first-order valence-electron chi connectivity index (χ1n) is 8.37. The lowest BCUT2D eigenvalue weighted by Gasteiger charge is -2.23. The van der Waals surface area contributed by atoms with Crippen LogP contribution in [0.1, 0.15) is 58.1 Å². The van der Waals surface area contributed by atoms with E-state index in [1.54, 1.807) is 0 Å². The molecule has 1 aromatic heterocycles. The van der Waals surface area contributed by atoms with E-state index in [-0.39, 0.29) is 24.1 Å². The molecule has 0 saturated heterocycles. The molecule has 1 aliphatic rings. The number of fused-ring (bicyclic) bond motifs is 1. The molecule has 1 unspecified atom stereocenters. The number of carbonyl (C=O) groups is 2. The summed E-state index contributed by atoms with van der Waals surface area (Å²) in [6.45, 7) is 0.0537. The van der Waals surface area contributed by atoms with Crippen LogP contribution in [0.2, 0.25) is 0 Å². The quantitative estimate of drug-likeness (QED) is 0.825. The molecular weight excluding hydrogens is 365 g/mol. The summed E-state index contributed by atoms with van der Waals surface area (Å²) in [5.41, 5.74) is 0.0594. The number of carboxylic acid groups (broad SMARTS) is 2. The Morgan fingerprint density at radius 3 is 2.41 bits per heavy atom. The van der Waals surface area contributed by atoms with Gasteiger partial charge in [-0.1, -0.05) is 12.1 Å². The number of rotatable bonds is 5. The molecular formula is C18H17F3N2O4. The number of nitrogens with zero attached hydrogens (tertiary/aromatic N) is 2. The van der Waals surface area contributed by atoms with Gasteiger partial charge >= 0.3 is 18.1 Å². The van der Waals surface area contributed by atoms with Crippen LogP contribution in [0.4, 0.5) is 13.2 Å². The minimum absolute atomic E-state index is 0.0155. The first kappa shape index (κ1) is 18.9. The van der Waals surface area contributed by atoms with Gasteiger partial charge in [0.05, 0.1) is 18.5 Å². The molecule has 1 heterocycles. The minimum atomic E-state index is -4.67. The van der Waals surface area contributed by atoms with Crippen molar-refractivity contribution in [2.45, 2.75) is 44.3 Å². The third-order valence-corrected chi connectivity index (χ3v) is 4.70. The van der Waals surface area contributed by atoms with Crippen LogP contribution in [0, 0.1) is 0 Å². The Hall–Kier alpha value is -2.84. The smallest absolute Gasteiger partial charge is 0.435 e. The van der Waals surface area contributed by atoms with Crippen molar-refractivity contribution in [1.82, 2.24) is 9.78 Å². The summed E-state index contributed by atoms with van der Waals surface area (Å²) in [5.74, 6) is -2.95. The van der Waals surface area contributed by atoms with Crippen LogP contribution in [0.3, 0.4) is 0 Å². The molecule has 27 heavy (non-hydrogen) atoms. The maximum absolute atomic E-state index is 13.5. The highest BCUT2D eigenvalue weighted by molar-refractivity contribution is 5.87. The van der Waals surface area contributed by atoms with Crippen molar-refractivity contribution in [1.29, 1.82) is 0 Å². The van der Waals surface area contributed by atoms with E-state index in [0.717, 1.165) is 0 Å². The topological polar surface area (TPSA) is 92.4 Å². The molecule has 3 rings (SSSR count). The molecule has 9 heteroatoms. The number of hydrogen-bond acceptors (Lipinski definition) is 3. The highest BCUT2D eigenvalue weighted by Crippen LogP contribution is 2.42. The van der Waals surface area contributed by atoms with E-state index in [2.05, 4.69) is 5.10 Å². The molecule has 0 saturated carbocycles. The minimum Gasteiger partial charge on any atom is -0.481 e. The van der Waals surface area contributed by atoms with Gasteiger partial charge in [0.1, 0.15) is 0 Å². The van der Waals surface area contributed by atoms with Gasteiger partial charge in [0, 0.05) is 11.3 Å². The fourth-order valence-electron chi connectivity index (χ4n) is 3.54. The molecule has 0 radical (unpaired) electrons. The summed E-state index contributed by atoms with van der Waals surface area (Å²) in [5, 5.41) is 21.7. The van der Waals surface area contributed by atoms with Crippen molar-refractivity contribution in [3.05, 3.63) is 52.3 Å². The van der Waals surface area contributed by atoms with Crippen LogP contribution in [0.25, 0.3) is 0 Å². The zero-order valence-electron chi connectivity index (χ0n) is 14.2. The Labute approximate surface area is 152 Å². The van der Waals surface area contributed by atoms with Crippen LogP contribution >= 0.6 is 0 Å². The van der Waals surface area contributed by atoms with Gasteiger partial charge in [-0.05, 0) is 42.9 Å². The molecule has 2 N–H and O–H groups in total. The van der Waals surface area contributed by atoms with Gasteiger partial charge in [0.2, 0.25) is 0 Å². The van der Waals surface area contributed by atoms with Gasteiger partial charge in [-0.15, -0.1) is 0 Å². The lowest BCUT2D eigenvalue weighted by Crippen LogP contribution is -2.18. The van der Waals surface area contributed by atoms with Crippen molar-refractivity contribution in [2.24, 2.45) is 0 Å². The number of halogens is 3. The predicted molar refractivity (Wildman–Crippen MR) is 87.7 cm³/mol. The number of carboxylic acids is 2. The summed E-state index contributed by atoms with van der Waals surface area (Å²) >= 11 is 0. The Kier molecular flexibility index (Phi) is 4.95. The summed E-state index contributed by atoms with van der Waals surface area (Å²) in [4.78, 5) is 22.0. The summed E-state index contributed by atoms with van der Waals surface area (Å²) in [6.07, 6.45) is -3.68. The SMILES string of the molecule is O=C(O)CC1CCCc2c1c(C(F)(F)F)nn2Cc1ccc(C(=O)O)cc1. The fraction of sp³-hybridized carbons (Fsp3) is 0.389. The maximum atomic E-state index is 13.5. The van der Waals surface area contributed by atoms with E-state index in [9.17, 15) is 22.8 Å². The van der Waals surface area contributed by atoms with E-state index in [4.69, 9.17) is 10.2 Å². The molecule has 2 aromatic rings. The van der Waals surface area contributed by atoms with E-state index in [1.807, 2.05) is 0 Å². The van der Waals surface area contributed by atoms with Gasteiger partial charge in [0.25, 0.3) is 0 Å². The molecule has 0 aliphatic heterocycles. The van der Waals surface area contributed by atoms with Gasteiger partial charge < -0.3 is 10.2 Å². The zero-order chi connectivity index (χ0) is 19.8. The summed E-state index contributed by atoms with van der Waals surface area (Å²) in [6, 6.07) is 5.82. The van der Waals surface area contributed by atoms with Gasteiger partial charge in [-0.3, -0.25) is 9.48 Å². The van der Waals surface area contributed by atoms with Crippen molar-refractivity contribution in [3.63, 3.8) is 0 Å². The van der Waals surface area contributed by atoms with E-state index >= 15 is 0 Å². The predicted octanol–water partition coefficient (Wildman–Crippen LogP) is 3.54. The molecule has 144 valence electrons. The Balaban J connectivity index is 2.00. The standard InChI is InChI=1S/C18H17F3N2O4/c19-18(20,21)16-15-12(8-14(24)25)2-1-3-13(15)23(22-16)9-10-4-6-11(7-5-10)17(26)27/h4-7,12H,1-3,8-9H2,(H,24,25)(H,26,27). The molecule has 0 bridgehead atoms. The number of hydrogen-bond donors (Lipinski definition) is 2. The van der Waals surface area contributed by atoms with Gasteiger partial charge in [-0.2, -0.15) is 18.3 Å². The summed E-state index contributed by atoms with van der Waals surface area (Å²) < 4.78 is 41.7. The highest BCUT2D eigenvalue weighted by Gasteiger charge is 2.42. The first-order chi connectivity index (χ1) is 12.7. The highest BCUT2D eigenvalue weighted by atomic mass is 19.4. The van der Waals surface area contributed by atoms with Crippen LogP contribution in [-0.2, 0) is 23.9 Å². The molecule has 0 spiro atoms. The molecule has 1 aromatic carbocycles. The average Bonchev–Trinajstić information content (AvgIpc) is 2.95. The number of benzene rings is 1. The fourth-order valence-corrected chi connectivity index (χ4v) is 3.54. The molecule has 0 amide bonds. The van der Waals surface area contributed by atoms with Crippen LogP contribution < -0.4 is 0 Å². The van der Waals surface area contributed by atoms with Crippen molar-refractivity contribution in [3.8, 4) is 0 Å². The van der Waals surface area contributed by atoms with E-state index in [0.29, 0.717) is 30.5 Å². The zero-order valence-corrected chi connectivity index (χ0v) is 14.2. The maximum Gasteiger partial charge on any atom is 0.435 e. The van der Waals surface area contributed by atoms with Crippen molar-refractivity contribution in [2.75, 3.05) is 0 Å². The van der Waals surface area contributed by atoms with Crippen molar-refractivity contribution < 1.29 is 33.0 Å².